The second-order valence-corrected chi connectivity index (χ2v) is 15.6. The van der Waals surface area contributed by atoms with E-state index in [2.05, 4.69) is 0 Å². The third kappa shape index (κ3) is 5.83. The summed E-state index contributed by atoms with van der Waals surface area (Å²) in [5, 5.41) is 123. The molecule has 0 unspecified atom stereocenters. The van der Waals surface area contributed by atoms with Crippen LogP contribution in [0.5, 0.6) is 63.2 Å². The van der Waals surface area contributed by atoms with E-state index in [0.717, 1.165) is 15.3 Å². The molecule has 3 aromatic heterocycles. The van der Waals surface area contributed by atoms with Gasteiger partial charge in [-0.3, -0.25) is 0 Å². The molecule has 0 spiro atoms. The predicted molar refractivity (Wildman–Crippen MR) is 247 cm³/mol. The molecular weight excluding hydrogens is 861 g/mol. The van der Waals surface area contributed by atoms with E-state index in [0.29, 0.717) is 56.7 Å². The monoisotopic (exact) mass is 892 g/mol. The van der Waals surface area contributed by atoms with Gasteiger partial charge < -0.3 is 65.2 Å². The Morgan fingerprint density at radius 1 is 0.373 bits per heavy atom. The molecule has 3 heterocycles. The maximum absolute atomic E-state index is 12.1. The lowest BCUT2D eigenvalue weighted by atomic mass is 9.96. The normalized spacial score (nSPS) is 11.6. The Kier molecular flexibility index (Phi) is 8.72. The number of fused-ring (bicyclic) bond motifs is 6. The average molecular weight is 893 g/mol. The zero-order valence-electron chi connectivity index (χ0n) is 34.2. The van der Waals surface area contributed by atoms with Crippen molar-refractivity contribution in [3.63, 3.8) is 0 Å². The largest absolute Gasteiger partial charge is 0.506 e. The molecule has 0 aliphatic heterocycles. The molecule has 328 valence electrons. The standard InChI is InChI=1S/C51H32N4O12/c56-31-21-29(38(57)45(64)39(31)58)33-40(59)34-35-37(44(63)47(66)46(65)42(35)61)55(36(34)43(62)41(33)60)30-19-18-24(20-28(30)22-10-3-1-4-11-22)50-52-49(23-12-5-2-6-13-23)53-51(54-50)27-16-9-15-26-25-14-7-8-17-32(25)67-48(26)27/h1-21,56-66H. The first-order valence-electron chi connectivity index (χ1n) is 20.3. The van der Waals surface area contributed by atoms with Crippen molar-refractivity contribution in [1.29, 1.82) is 0 Å². The highest BCUT2D eigenvalue weighted by atomic mass is 16.4. The van der Waals surface area contributed by atoms with Crippen LogP contribution in [0.25, 0.3) is 106 Å². The molecule has 8 aromatic carbocycles. The van der Waals surface area contributed by atoms with Crippen LogP contribution < -0.4 is 0 Å². The second-order valence-electron chi connectivity index (χ2n) is 15.6. The summed E-state index contributed by atoms with van der Waals surface area (Å²) >= 11 is 0. The highest BCUT2D eigenvalue weighted by Gasteiger charge is 2.35. The molecule has 0 fully saturated rings. The van der Waals surface area contributed by atoms with Crippen molar-refractivity contribution in [3.05, 3.63) is 127 Å². The van der Waals surface area contributed by atoms with E-state index in [-0.39, 0.29) is 11.5 Å². The summed E-state index contributed by atoms with van der Waals surface area (Å²) < 4.78 is 7.50. The van der Waals surface area contributed by atoms with Crippen molar-refractivity contribution in [1.82, 2.24) is 19.5 Å². The zero-order valence-corrected chi connectivity index (χ0v) is 34.2. The summed E-state index contributed by atoms with van der Waals surface area (Å²) in [4.78, 5) is 14.8. The Morgan fingerprint density at radius 3 is 1.66 bits per heavy atom. The van der Waals surface area contributed by atoms with E-state index in [9.17, 15) is 56.2 Å². The molecule has 16 heteroatoms. The smallest absolute Gasteiger partial charge is 0.206 e. The van der Waals surface area contributed by atoms with E-state index in [1.807, 2.05) is 72.8 Å². The average Bonchev–Trinajstić information content (AvgIpc) is 3.93. The van der Waals surface area contributed by atoms with E-state index >= 15 is 0 Å². The summed E-state index contributed by atoms with van der Waals surface area (Å²) in [6, 6.07) is 37.0. The summed E-state index contributed by atoms with van der Waals surface area (Å²) in [6.07, 6.45) is 0. The van der Waals surface area contributed by atoms with Crippen LogP contribution in [0.4, 0.5) is 0 Å². The van der Waals surface area contributed by atoms with Crippen LogP contribution in [0, 0.1) is 0 Å². The number of phenols is 11. The second kappa shape index (κ2) is 14.6. The fraction of sp³-hybridized carbons (Fsp3) is 0. The van der Waals surface area contributed by atoms with Crippen LogP contribution in [0.2, 0.25) is 0 Å². The predicted octanol–water partition coefficient (Wildman–Crippen LogP) is 9.96. The highest BCUT2D eigenvalue weighted by Crippen LogP contribution is 2.61. The van der Waals surface area contributed by atoms with Gasteiger partial charge >= 0.3 is 0 Å². The summed E-state index contributed by atoms with van der Waals surface area (Å²) in [7, 11) is 0. The minimum atomic E-state index is -1.24. The number of para-hydroxylation sites is 2. The highest BCUT2D eigenvalue weighted by molar-refractivity contribution is 6.22. The van der Waals surface area contributed by atoms with Crippen molar-refractivity contribution in [2.75, 3.05) is 0 Å². The molecule has 0 radical (unpaired) electrons. The van der Waals surface area contributed by atoms with Gasteiger partial charge in [-0.25, -0.2) is 15.0 Å². The van der Waals surface area contributed by atoms with Crippen LogP contribution in [0.1, 0.15) is 0 Å². The van der Waals surface area contributed by atoms with Crippen molar-refractivity contribution in [3.8, 4) is 125 Å². The van der Waals surface area contributed by atoms with Gasteiger partial charge in [0, 0.05) is 33.0 Å². The first-order valence-corrected chi connectivity index (χ1v) is 20.3. The molecule has 0 aliphatic rings. The van der Waals surface area contributed by atoms with E-state index < -0.39 is 96.2 Å². The molecule has 0 aliphatic carbocycles. The van der Waals surface area contributed by atoms with Crippen molar-refractivity contribution in [2.45, 2.75) is 0 Å². The number of rotatable bonds is 6. The fourth-order valence-electron chi connectivity index (χ4n) is 8.71. The maximum atomic E-state index is 12.1. The van der Waals surface area contributed by atoms with Gasteiger partial charge in [0.25, 0.3) is 0 Å². The minimum absolute atomic E-state index is 0.101. The maximum Gasteiger partial charge on any atom is 0.206 e. The van der Waals surface area contributed by atoms with Gasteiger partial charge in [0.05, 0.1) is 27.6 Å². The number of aromatic nitrogens is 4. The molecule has 11 N–H and O–H groups in total. The molecule has 16 nitrogen and oxygen atoms in total. The molecular formula is C51H32N4O12. The molecule has 0 saturated heterocycles. The Morgan fingerprint density at radius 2 is 0.940 bits per heavy atom. The van der Waals surface area contributed by atoms with E-state index in [1.165, 1.54) is 0 Å². The fourth-order valence-corrected chi connectivity index (χ4v) is 8.71. The first-order chi connectivity index (χ1) is 32.3. The van der Waals surface area contributed by atoms with Crippen molar-refractivity contribution >= 4 is 43.7 Å². The van der Waals surface area contributed by atoms with Crippen LogP contribution in [-0.4, -0.2) is 75.7 Å². The number of furan rings is 1. The molecule has 11 aromatic rings. The first kappa shape index (κ1) is 40.0. The third-order valence-corrected chi connectivity index (χ3v) is 11.9. The van der Waals surface area contributed by atoms with Gasteiger partial charge in [0.15, 0.2) is 52.0 Å². The summed E-state index contributed by atoms with van der Waals surface area (Å²) in [6.45, 7) is 0. The molecule has 0 bridgehead atoms. The Labute approximate surface area is 375 Å². The van der Waals surface area contributed by atoms with Gasteiger partial charge in [-0.2, -0.15) is 0 Å². The molecule has 0 atom stereocenters. The quantitative estimate of drug-likeness (QED) is 0.0547. The molecule has 0 amide bonds. The van der Waals surface area contributed by atoms with E-state index in [1.54, 1.807) is 48.5 Å². The number of nitrogens with zero attached hydrogens (tertiary/aromatic N) is 4. The van der Waals surface area contributed by atoms with Crippen molar-refractivity contribution < 1.29 is 60.6 Å². The Bertz CT molecular complexity index is 3890. The molecule has 11 rings (SSSR count). The van der Waals surface area contributed by atoms with Gasteiger partial charge in [-0.05, 0) is 42.0 Å². The van der Waals surface area contributed by atoms with Gasteiger partial charge in [0.1, 0.15) is 27.9 Å². The lowest BCUT2D eigenvalue weighted by Gasteiger charge is -2.18. The zero-order chi connectivity index (χ0) is 46.6. The van der Waals surface area contributed by atoms with E-state index in [4.69, 9.17) is 19.4 Å². The van der Waals surface area contributed by atoms with Crippen LogP contribution in [0.3, 0.4) is 0 Å². The number of phenolic OH excluding ortho intramolecular Hbond substituents is 11. The van der Waals surface area contributed by atoms with Crippen LogP contribution in [-0.2, 0) is 0 Å². The lowest BCUT2D eigenvalue weighted by molar-refractivity contribution is 0.346. The lowest BCUT2D eigenvalue weighted by Crippen LogP contribution is -2.02. The third-order valence-electron chi connectivity index (χ3n) is 11.9. The van der Waals surface area contributed by atoms with Crippen LogP contribution in [0.15, 0.2) is 132 Å². The number of hydrogen-bond donors (Lipinski definition) is 11. The van der Waals surface area contributed by atoms with Crippen molar-refractivity contribution in [2.24, 2.45) is 0 Å². The van der Waals surface area contributed by atoms with Gasteiger partial charge in [0.2, 0.25) is 23.0 Å². The Hall–Kier alpha value is -9.83. The number of hydrogen-bond acceptors (Lipinski definition) is 15. The number of aromatic hydroxyl groups is 11. The minimum Gasteiger partial charge on any atom is -0.506 e. The van der Waals surface area contributed by atoms with Crippen LogP contribution >= 0.6 is 0 Å². The molecule has 0 saturated carbocycles. The van der Waals surface area contributed by atoms with Gasteiger partial charge in [-0.1, -0.05) is 91.0 Å². The molecule has 67 heavy (non-hydrogen) atoms. The van der Waals surface area contributed by atoms with Gasteiger partial charge in [-0.15, -0.1) is 0 Å². The Balaban J connectivity index is 1.21. The number of benzene rings is 8. The topological polar surface area (TPSA) is 279 Å². The summed E-state index contributed by atoms with van der Waals surface area (Å²) in [5.41, 5.74) is 1.48. The summed E-state index contributed by atoms with van der Waals surface area (Å²) in [5.74, 6) is -11.3. The SMILES string of the molecule is Oc1cc(-c2c(O)c(O)c3c(c2O)c2c(O)c(O)c(O)c(O)c2n3-c2ccc(-c3nc(-c4ccccc4)nc(-c4cccc5c4oc4ccccc45)n3)cc2-c2ccccc2)c(O)c(O)c1O.